The number of hydrogen-bond donors (Lipinski definition) is 1. The van der Waals surface area contributed by atoms with E-state index in [4.69, 9.17) is 11.6 Å². The number of rotatable bonds is 10. The monoisotopic (exact) mass is 561 g/mol. The van der Waals surface area contributed by atoms with E-state index in [0.29, 0.717) is 24.3 Å². The molecule has 0 unspecified atom stereocenters. The lowest BCUT2D eigenvalue weighted by Gasteiger charge is -2.33. The van der Waals surface area contributed by atoms with Crippen molar-refractivity contribution in [3.05, 3.63) is 82.9 Å². The molecule has 1 saturated heterocycles. The van der Waals surface area contributed by atoms with E-state index in [2.05, 4.69) is 5.32 Å². The molecule has 2 aliphatic carbocycles. The maximum absolute atomic E-state index is 13.9. The van der Waals surface area contributed by atoms with Crippen LogP contribution in [0, 0.1) is 11.8 Å². The first-order valence-corrected chi connectivity index (χ1v) is 14.7. The zero-order chi connectivity index (χ0) is 28.1. The predicted molar refractivity (Wildman–Crippen MR) is 153 cm³/mol. The number of fused-ring (bicyclic) bond motifs is 1. The van der Waals surface area contributed by atoms with Crippen LogP contribution in [0.1, 0.15) is 56.1 Å². The molecule has 3 aliphatic rings. The standard InChI is InChI=1S/C32H36ClN3O4/c33-24-16-14-23(15-17-24)21-36(29(37)18-19-35-31(39)26-12-6-7-13-27(26)32(35)40)28(20-22-8-2-1-3-9-22)30(38)34-25-10-4-5-11-25/h1-3,6-9,14-17,25-28H,4-5,10-13,18-21H2,(H,34,38)/t26-,27+,28-/m0/s1. The van der Waals surface area contributed by atoms with Gasteiger partial charge in [-0.3, -0.25) is 24.1 Å². The summed E-state index contributed by atoms with van der Waals surface area (Å²) >= 11 is 6.11. The van der Waals surface area contributed by atoms with Crippen LogP contribution in [-0.4, -0.2) is 52.1 Å². The van der Waals surface area contributed by atoms with Gasteiger partial charge in [-0.05, 0) is 48.9 Å². The van der Waals surface area contributed by atoms with Crippen LogP contribution >= 0.6 is 11.6 Å². The molecule has 4 amide bonds. The summed E-state index contributed by atoms with van der Waals surface area (Å²) in [6.07, 6.45) is 9.37. The average Bonchev–Trinajstić information content (AvgIpc) is 3.57. The highest BCUT2D eigenvalue weighted by Crippen LogP contribution is 2.35. The third-order valence-corrected chi connectivity index (χ3v) is 8.64. The molecule has 7 nitrogen and oxygen atoms in total. The summed E-state index contributed by atoms with van der Waals surface area (Å²) < 4.78 is 0. The second kappa shape index (κ2) is 12.8. The van der Waals surface area contributed by atoms with E-state index in [-0.39, 0.29) is 61.0 Å². The van der Waals surface area contributed by atoms with Crippen molar-refractivity contribution in [2.45, 2.75) is 70.0 Å². The Bertz CT molecular complexity index is 1230. The number of carbonyl (C=O) groups is 4. The van der Waals surface area contributed by atoms with Crippen molar-refractivity contribution in [2.75, 3.05) is 6.54 Å². The smallest absolute Gasteiger partial charge is 0.243 e. The molecule has 8 heteroatoms. The van der Waals surface area contributed by atoms with Gasteiger partial charge in [0.05, 0.1) is 11.8 Å². The minimum absolute atomic E-state index is 0.0168. The van der Waals surface area contributed by atoms with Crippen molar-refractivity contribution < 1.29 is 19.2 Å². The summed E-state index contributed by atoms with van der Waals surface area (Å²) in [6.45, 7) is 0.228. The molecule has 0 radical (unpaired) electrons. The fourth-order valence-electron chi connectivity index (χ4n) is 6.15. The van der Waals surface area contributed by atoms with Crippen molar-refractivity contribution in [1.29, 1.82) is 0 Å². The largest absolute Gasteiger partial charge is 0.352 e. The topological polar surface area (TPSA) is 86.8 Å². The Morgan fingerprint density at radius 3 is 2.15 bits per heavy atom. The third kappa shape index (κ3) is 6.47. The summed E-state index contributed by atoms with van der Waals surface area (Å²) in [5, 5.41) is 3.78. The van der Waals surface area contributed by atoms with Crippen molar-refractivity contribution in [1.82, 2.24) is 15.1 Å². The quantitative estimate of drug-likeness (QED) is 0.337. The number of nitrogens with one attached hydrogen (secondary N) is 1. The number of halogens is 1. The molecular weight excluding hydrogens is 526 g/mol. The van der Waals surface area contributed by atoms with Gasteiger partial charge in [0.15, 0.2) is 0 Å². The van der Waals surface area contributed by atoms with E-state index in [1.807, 2.05) is 54.6 Å². The summed E-state index contributed by atoms with van der Waals surface area (Å²) in [5.74, 6) is -1.51. The number of benzene rings is 2. The summed E-state index contributed by atoms with van der Waals surface area (Å²) in [7, 11) is 0. The molecule has 40 heavy (non-hydrogen) atoms. The normalized spacial score (nSPS) is 21.4. The summed E-state index contributed by atoms with van der Waals surface area (Å²) in [6, 6.07) is 16.3. The molecule has 2 fully saturated rings. The van der Waals surface area contributed by atoms with E-state index in [9.17, 15) is 19.2 Å². The molecule has 2 aromatic rings. The van der Waals surface area contributed by atoms with Gasteiger partial charge in [-0.15, -0.1) is 0 Å². The molecule has 1 aliphatic heterocycles. The van der Waals surface area contributed by atoms with Gasteiger partial charge < -0.3 is 10.2 Å². The van der Waals surface area contributed by atoms with Gasteiger partial charge in [0.25, 0.3) is 0 Å². The molecule has 0 aromatic heterocycles. The molecule has 1 saturated carbocycles. The van der Waals surface area contributed by atoms with E-state index in [1.165, 1.54) is 4.90 Å². The first kappa shape index (κ1) is 28.1. The maximum Gasteiger partial charge on any atom is 0.243 e. The van der Waals surface area contributed by atoms with Crippen LogP contribution in [0.25, 0.3) is 0 Å². The van der Waals surface area contributed by atoms with Crippen LogP contribution in [-0.2, 0) is 32.1 Å². The highest BCUT2D eigenvalue weighted by atomic mass is 35.5. The Labute approximate surface area is 240 Å². The lowest BCUT2D eigenvalue weighted by atomic mass is 9.85. The molecule has 2 aromatic carbocycles. The van der Waals surface area contributed by atoms with E-state index in [1.54, 1.807) is 17.0 Å². The van der Waals surface area contributed by atoms with Gasteiger partial charge in [-0.25, -0.2) is 0 Å². The highest BCUT2D eigenvalue weighted by Gasteiger charge is 2.47. The minimum Gasteiger partial charge on any atom is -0.352 e. The zero-order valence-electron chi connectivity index (χ0n) is 22.6. The van der Waals surface area contributed by atoms with Crippen LogP contribution in [0.4, 0.5) is 0 Å². The Balaban J connectivity index is 1.38. The van der Waals surface area contributed by atoms with Gasteiger partial charge in [-0.2, -0.15) is 0 Å². The molecule has 0 bridgehead atoms. The number of amides is 4. The number of nitrogens with zero attached hydrogens (tertiary/aromatic N) is 2. The number of allylic oxidation sites excluding steroid dienone is 2. The molecule has 1 N–H and O–H groups in total. The highest BCUT2D eigenvalue weighted by molar-refractivity contribution is 6.30. The fraction of sp³-hybridized carbons (Fsp3) is 0.438. The average molecular weight is 562 g/mol. The number of carbonyl (C=O) groups excluding carboxylic acids is 4. The van der Waals surface area contributed by atoms with Crippen LogP contribution in [0.5, 0.6) is 0 Å². The molecule has 1 heterocycles. The van der Waals surface area contributed by atoms with Crippen molar-refractivity contribution in [3.8, 4) is 0 Å². The second-order valence-corrected chi connectivity index (χ2v) is 11.5. The Morgan fingerprint density at radius 2 is 1.52 bits per heavy atom. The van der Waals surface area contributed by atoms with Crippen molar-refractivity contribution in [2.24, 2.45) is 11.8 Å². The minimum atomic E-state index is -0.747. The van der Waals surface area contributed by atoms with Gasteiger partial charge >= 0.3 is 0 Å². The maximum atomic E-state index is 13.9. The van der Waals surface area contributed by atoms with E-state index >= 15 is 0 Å². The summed E-state index contributed by atoms with van der Waals surface area (Å²) in [4.78, 5) is 56.6. The Morgan fingerprint density at radius 1 is 0.900 bits per heavy atom. The number of imide groups is 1. The van der Waals surface area contributed by atoms with Crippen LogP contribution in [0.15, 0.2) is 66.7 Å². The van der Waals surface area contributed by atoms with Gasteiger partial charge in [0.2, 0.25) is 23.6 Å². The first-order chi connectivity index (χ1) is 19.4. The van der Waals surface area contributed by atoms with Gasteiger partial charge in [0.1, 0.15) is 6.04 Å². The third-order valence-electron chi connectivity index (χ3n) is 8.39. The lowest BCUT2D eigenvalue weighted by molar-refractivity contribution is -0.144. The molecule has 5 rings (SSSR count). The van der Waals surface area contributed by atoms with Crippen LogP contribution < -0.4 is 5.32 Å². The van der Waals surface area contributed by atoms with Gasteiger partial charge in [0, 0.05) is 37.0 Å². The van der Waals surface area contributed by atoms with Gasteiger partial charge in [-0.1, -0.05) is 79.1 Å². The SMILES string of the molecule is O=C(NC1CCCC1)[C@H](Cc1ccccc1)N(Cc1ccc(Cl)cc1)C(=O)CCN1C(=O)[C@H]2CC=CC[C@H]2C1=O. The Kier molecular flexibility index (Phi) is 9.00. The Hall–Kier alpha value is -3.45. The molecule has 210 valence electrons. The predicted octanol–water partition coefficient (Wildman–Crippen LogP) is 4.68. The zero-order valence-corrected chi connectivity index (χ0v) is 23.4. The van der Waals surface area contributed by atoms with E-state index < -0.39 is 6.04 Å². The number of likely N-dealkylation sites (tertiary alicyclic amines) is 1. The van der Waals surface area contributed by atoms with Crippen LogP contribution in [0.3, 0.4) is 0 Å². The first-order valence-electron chi connectivity index (χ1n) is 14.3. The molecule has 3 atom stereocenters. The summed E-state index contributed by atoms with van der Waals surface area (Å²) in [5.41, 5.74) is 1.79. The molecule has 0 spiro atoms. The molecular formula is C32H36ClN3O4. The number of hydrogen-bond acceptors (Lipinski definition) is 4. The second-order valence-electron chi connectivity index (χ2n) is 11.1. The van der Waals surface area contributed by atoms with Crippen molar-refractivity contribution in [3.63, 3.8) is 0 Å². The van der Waals surface area contributed by atoms with Crippen LogP contribution in [0.2, 0.25) is 5.02 Å². The van der Waals surface area contributed by atoms with E-state index in [0.717, 1.165) is 36.8 Å². The lowest BCUT2D eigenvalue weighted by Crippen LogP contribution is -2.52. The fourth-order valence-corrected chi connectivity index (χ4v) is 6.27. The van der Waals surface area contributed by atoms with Crippen molar-refractivity contribution >= 4 is 35.2 Å².